The first kappa shape index (κ1) is 27.3. The fourth-order valence-electron chi connectivity index (χ4n) is 3.92. The van der Waals surface area contributed by atoms with Crippen molar-refractivity contribution < 1.29 is 22.8 Å². The van der Waals surface area contributed by atoms with Crippen molar-refractivity contribution in [1.29, 1.82) is 0 Å². The minimum atomic E-state index is -4.62. The first-order chi connectivity index (χ1) is 17.8. The maximum absolute atomic E-state index is 13.3. The Labute approximate surface area is 224 Å². The molecule has 2 amide bonds. The quantitative estimate of drug-likeness (QED) is 0.290. The van der Waals surface area contributed by atoms with Gasteiger partial charge in [-0.1, -0.05) is 29.3 Å². The lowest BCUT2D eigenvalue weighted by atomic mass is 10.1. The average Bonchev–Trinajstić information content (AvgIpc) is 3.18. The zero-order chi connectivity index (χ0) is 27.9. The standard InChI is InChI=1S/C26H22ClF3N4O3S/c1-12-5-8-18(13(2)9-12)32-23(36)21-14(3)20-24(38-21)31-11-34(25(20)37)15(4)22(35)33-19-10-16(26(28,29)30)6-7-17(19)27/h5-11,15H,1-4H3,(H,32,36)(H,33,35). The first-order valence-corrected chi connectivity index (χ1v) is 12.5. The maximum atomic E-state index is 13.3. The molecule has 0 fully saturated rings. The molecule has 0 spiro atoms. The number of amides is 2. The second-order valence-corrected chi connectivity index (χ2v) is 10.2. The van der Waals surface area contributed by atoms with Crippen LogP contribution in [0.2, 0.25) is 5.02 Å². The molecule has 0 saturated carbocycles. The van der Waals surface area contributed by atoms with E-state index in [-0.39, 0.29) is 16.1 Å². The lowest BCUT2D eigenvalue weighted by molar-refractivity contribution is -0.137. The highest BCUT2D eigenvalue weighted by molar-refractivity contribution is 7.20. The largest absolute Gasteiger partial charge is 0.416 e. The Morgan fingerprint density at radius 2 is 1.76 bits per heavy atom. The summed E-state index contributed by atoms with van der Waals surface area (Å²) in [7, 11) is 0. The molecule has 2 aromatic heterocycles. The van der Waals surface area contributed by atoms with E-state index in [0.717, 1.165) is 45.2 Å². The monoisotopic (exact) mass is 562 g/mol. The smallest absolute Gasteiger partial charge is 0.323 e. The Hall–Kier alpha value is -3.70. The van der Waals surface area contributed by atoms with Gasteiger partial charge in [-0.3, -0.25) is 19.0 Å². The molecule has 7 nitrogen and oxygen atoms in total. The number of aromatic nitrogens is 2. The van der Waals surface area contributed by atoms with Crippen molar-refractivity contribution in [3.63, 3.8) is 0 Å². The summed E-state index contributed by atoms with van der Waals surface area (Å²) in [6.07, 6.45) is -3.45. The zero-order valence-corrected chi connectivity index (χ0v) is 22.2. The molecule has 1 unspecified atom stereocenters. The molecule has 2 N–H and O–H groups in total. The van der Waals surface area contributed by atoms with E-state index >= 15 is 0 Å². The van der Waals surface area contributed by atoms with Crippen LogP contribution in [0.3, 0.4) is 0 Å². The predicted molar refractivity (Wildman–Crippen MR) is 142 cm³/mol. The van der Waals surface area contributed by atoms with Crippen molar-refractivity contribution in [2.24, 2.45) is 0 Å². The van der Waals surface area contributed by atoms with Crippen molar-refractivity contribution in [1.82, 2.24) is 9.55 Å². The van der Waals surface area contributed by atoms with E-state index in [0.29, 0.717) is 21.0 Å². The van der Waals surface area contributed by atoms with Crippen LogP contribution in [0.25, 0.3) is 10.2 Å². The van der Waals surface area contributed by atoms with Crippen LogP contribution in [0.1, 0.15) is 44.9 Å². The van der Waals surface area contributed by atoms with E-state index in [1.807, 2.05) is 26.0 Å². The number of benzene rings is 2. The van der Waals surface area contributed by atoms with Crippen molar-refractivity contribution in [3.05, 3.63) is 85.2 Å². The Morgan fingerprint density at radius 3 is 2.42 bits per heavy atom. The molecule has 4 rings (SSSR count). The normalized spacial score (nSPS) is 12.4. The van der Waals surface area contributed by atoms with Gasteiger partial charge in [-0.05, 0) is 63.1 Å². The number of halogens is 4. The Balaban J connectivity index is 1.63. The molecule has 198 valence electrons. The van der Waals surface area contributed by atoms with Gasteiger partial charge < -0.3 is 10.6 Å². The predicted octanol–water partition coefficient (Wildman–Crippen LogP) is 6.51. The van der Waals surface area contributed by atoms with Crippen molar-refractivity contribution >= 4 is 56.3 Å². The van der Waals surface area contributed by atoms with Crippen molar-refractivity contribution in [3.8, 4) is 0 Å². The second-order valence-electron chi connectivity index (χ2n) is 8.82. The van der Waals surface area contributed by atoms with Crippen LogP contribution >= 0.6 is 22.9 Å². The summed E-state index contributed by atoms with van der Waals surface area (Å²) in [5.74, 6) is -1.16. The lowest BCUT2D eigenvalue weighted by Gasteiger charge is -2.16. The van der Waals surface area contributed by atoms with Crippen molar-refractivity contribution in [2.75, 3.05) is 10.6 Å². The van der Waals surface area contributed by atoms with Gasteiger partial charge in [-0.25, -0.2) is 4.98 Å². The van der Waals surface area contributed by atoms with Gasteiger partial charge in [0.2, 0.25) is 5.91 Å². The molecule has 2 aromatic carbocycles. The van der Waals surface area contributed by atoms with Gasteiger partial charge in [0.1, 0.15) is 10.9 Å². The number of anilines is 2. The number of hydrogen-bond donors (Lipinski definition) is 2. The average molecular weight is 563 g/mol. The number of nitrogens with zero attached hydrogens (tertiary/aromatic N) is 2. The van der Waals surface area contributed by atoms with E-state index in [4.69, 9.17) is 11.6 Å². The molecule has 38 heavy (non-hydrogen) atoms. The molecular formula is C26H22ClF3N4O3S. The summed E-state index contributed by atoms with van der Waals surface area (Å²) in [5.41, 5.74) is 1.21. The second kappa shape index (κ2) is 10.2. The Morgan fingerprint density at radius 1 is 1.05 bits per heavy atom. The molecule has 12 heteroatoms. The first-order valence-electron chi connectivity index (χ1n) is 11.3. The number of rotatable bonds is 5. The summed E-state index contributed by atoms with van der Waals surface area (Å²) in [5, 5.41) is 5.30. The number of carbonyl (C=O) groups excluding carboxylic acids is 2. The van der Waals surface area contributed by atoms with Crippen LogP contribution < -0.4 is 16.2 Å². The van der Waals surface area contributed by atoms with Gasteiger partial charge in [0.05, 0.1) is 32.9 Å². The molecular weight excluding hydrogens is 541 g/mol. The molecule has 1 atom stereocenters. The highest BCUT2D eigenvalue weighted by Crippen LogP contribution is 2.34. The van der Waals surface area contributed by atoms with Gasteiger partial charge in [0, 0.05) is 5.69 Å². The zero-order valence-electron chi connectivity index (χ0n) is 20.7. The van der Waals surface area contributed by atoms with Crippen LogP contribution in [0.15, 0.2) is 47.5 Å². The van der Waals surface area contributed by atoms with E-state index < -0.39 is 35.2 Å². The third-order valence-electron chi connectivity index (χ3n) is 6.06. The Bertz CT molecular complexity index is 1650. The van der Waals surface area contributed by atoms with Crippen LogP contribution in [-0.4, -0.2) is 21.4 Å². The topological polar surface area (TPSA) is 93.1 Å². The molecule has 0 radical (unpaired) electrons. The minimum absolute atomic E-state index is 0.0902. The summed E-state index contributed by atoms with van der Waals surface area (Å²) in [6.45, 7) is 6.85. The van der Waals surface area contributed by atoms with E-state index in [9.17, 15) is 27.6 Å². The van der Waals surface area contributed by atoms with Crippen LogP contribution in [0, 0.1) is 20.8 Å². The number of aryl methyl sites for hydroxylation is 3. The maximum Gasteiger partial charge on any atom is 0.416 e. The van der Waals surface area contributed by atoms with Gasteiger partial charge >= 0.3 is 6.18 Å². The number of fused-ring (bicyclic) bond motifs is 1. The summed E-state index contributed by atoms with van der Waals surface area (Å²) in [6, 6.07) is 7.03. The minimum Gasteiger partial charge on any atom is -0.323 e. The third kappa shape index (κ3) is 5.30. The molecule has 4 aromatic rings. The highest BCUT2D eigenvalue weighted by Gasteiger charge is 2.31. The fourth-order valence-corrected chi connectivity index (χ4v) is 5.12. The van der Waals surface area contributed by atoms with Gasteiger partial charge in [-0.2, -0.15) is 13.2 Å². The summed E-state index contributed by atoms with van der Waals surface area (Å²) in [4.78, 5) is 44.1. The number of nitrogens with one attached hydrogen (secondary N) is 2. The highest BCUT2D eigenvalue weighted by atomic mass is 35.5. The number of thiophene rings is 1. The molecule has 0 aliphatic rings. The van der Waals surface area contributed by atoms with Crippen molar-refractivity contribution in [2.45, 2.75) is 39.9 Å². The number of carbonyl (C=O) groups is 2. The fraction of sp³-hybridized carbons (Fsp3) is 0.231. The molecule has 0 saturated heterocycles. The van der Waals surface area contributed by atoms with E-state index in [2.05, 4.69) is 15.6 Å². The van der Waals surface area contributed by atoms with Gasteiger partial charge in [0.15, 0.2) is 0 Å². The molecule has 2 heterocycles. The molecule has 0 bridgehead atoms. The van der Waals surface area contributed by atoms with Crippen LogP contribution in [0.4, 0.5) is 24.5 Å². The van der Waals surface area contributed by atoms with Gasteiger partial charge in [0.25, 0.3) is 11.5 Å². The van der Waals surface area contributed by atoms with E-state index in [1.165, 1.54) is 13.3 Å². The number of alkyl halides is 3. The molecule has 0 aliphatic heterocycles. The summed E-state index contributed by atoms with van der Waals surface area (Å²) < 4.78 is 40.3. The number of hydrogen-bond acceptors (Lipinski definition) is 5. The van der Waals surface area contributed by atoms with E-state index in [1.54, 1.807) is 13.0 Å². The SMILES string of the molecule is Cc1ccc(NC(=O)c2sc3ncn(C(C)C(=O)Nc4cc(C(F)(F)F)ccc4Cl)c(=O)c3c2C)c(C)c1. The molecule has 0 aliphatic carbocycles. The van der Waals surface area contributed by atoms with Gasteiger partial charge in [-0.15, -0.1) is 11.3 Å². The third-order valence-corrected chi connectivity index (χ3v) is 7.59. The summed E-state index contributed by atoms with van der Waals surface area (Å²) >= 11 is 7.03. The van der Waals surface area contributed by atoms with Crippen LogP contribution in [-0.2, 0) is 11.0 Å². The Kier molecular flexibility index (Phi) is 7.35. The van der Waals surface area contributed by atoms with Crippen LogP contribution in [0.5, 0.6) is 0 Å². The lowest BCUT2D eigenvalue weighted by Crippen LogP contribution is -2.32.